The Labute approximate surface area is 116 Å². The SMILES string of the molecule is Cn1ncc2c(NC3CCc4ccccc43)ncnc21. The van der Waals surface area contributed by atoms with Gasteiger partial charge in [0.25, 0.3) is 0 Å². The Morgan fingerprint density at radius 1 is 1.25 bits per heavy atom. The van der Waals surface area contributed by atoms with Crippen molar-refractivity contribution >= 4 is 16.9 Å². The van der Waals surface area contributed by atoms with Crippen LogP contribution in [0.3, 0.4) is 0 Å². The summed E-state index contributed by atoms with van der Waals surface area (Å²) in [4.78, 5) is 8.65. The molecule has 2 heterocycles. The Bertz CT molecular complexity index is 777. The van der Waals surface area contributed by atoms with Crippen molar-refractivity contribution in [2.75, 3.05) is 5.32 Å². The fraction of sp³-hybridized carbons (Fsp3) is 0.267. The summed E-state index contributed by atoms with van der Waals surface area (Å²) in [7, 11) is 1.89. The van der Waals surface area contributed by atoms with E-state index in [0.717, 1.165) is 29.7 Å². The number of benzene rings is 1. The maximum Gasteiger partial charge on any atom is 0.163 e. The quantitative estimate of drug-likeness (QED) is 0.773. The molecule has 4 rings (SSSR count). The largest absolute Gasteiger partial charge is 0.363 e. The van der Waals surface area contributed by atoms with E-state index in [1.807, 2.05) is 13.2 Å². The number of fused-ring (bicyclic) bond motifs is 2. The van der Waals surface area contributed by atoms with Crippen LogP contribution in [0.4, 0.5) is 5.82 Å². The van der Waals surface area contributed by atoms with E-state index < -0.39 is 0 Å². The Balaban J connectivity index is 1.72. The fourth-order valence-electron chi connectivity index (χ4n) is 2.95. The minimum absolute atomic E-state index is 0.324. The van der Waals surface area contributed by atoms with Gasteiger partial charge in [0.2, 0.25) is 0 Å². The Morgan fingerprint density at radius 3 is 3.10 bits per heavy atom. The predicted molar refractivity (Wildman–Crippen MR) is 77.4 cm³/mol. The van der Waals surface area contributed by atoms with Crippen LogP contribution in [-0.4, -0.2) is 19.7 Å². The van der Waals surface area contributed by atoms with Gasteiger partial charge >= 0.3 is 0 Å². The second-order valence-corrected chi connectivity index (χ2v) is 5.16. The van der Waals surface area contributed by atoms with Gasteiger partial charge in [0.05, 0.1) is 17.6 Å². The molecule has 20 heavy (non-hydrogen) atoms. The molecule has 1 aromatic carbocycles. The van der Waals surface area contributed by atoms with Gasteiger partial charge in [-0.15, -0.1) is 0 Å². The Kier molecular flexibility index (Phi) is 2.45. The number of anilines is 1. The van der Waals surface area contributed by atoms with Gasteiger partial charge in [0.15, 0.2) is 5.65 Å². The first-order chi connectivity index (χ1) is 9.83. The molecule has 3 aromatic rings. The van der Waals surface area contributed by atoms with Gasteiger partial charge < -0.3 is 5.32 Å². The molecule has 0 fully saturated rings. The Hall–Kier alpha value is -2.43. The van der Waals surface area contributed by atoms with Gasteiger partial charge in [-0.3, -0.25) is 4.68 Å². The van der Waals surface area contributed by atoms with Gasteiger partial charge in [-0.05, 0) is 24.0 Å². The maximum atomic E-state index is 4.38. The lowest BCUT2D eigenvalue weighted by Crippen LogP contribution is -2.09. The predicted octanol–water partition coefficient (Wildman–Crippen LogP) is 2.46. The summed E-state index contributed by atoms with van der Waals surface area (Å²) in [5.41, 5.74) is 3.67. The lowest BCUT2D eigenvalue weighted by atomic mass is 10.1. The Morgan fingerprint density at radius 2 is 2.15 bits per heavy atom. The van der Waals surface area contributed by atoms with Crippen LogP contribution < -0.4 is 5.32 Å². The zero-order valence-corrected chi connectivity index (χ0v) is 11.2. The highest BCUT2D eigenvalue weighted by Gasteiger charge is 2.22. The van der Waals surface area contributed by atoms with Gasteiger partial charge in [-0.2, -0.15) is 5.10 Å². The molecule has 2 aromatic heterocycles. The molecule has 0 saturated carbocycles. The summed E-state index contributed by atoms with van der Waals surface area (Å²) >= 11 is 0. The zero-order chi connectivity index (χ0) is 13.5. The standard InChI is InChI=1S/C15H15N5/c1-20-15-12(8-18-20)14(16-9-17-15)19-13-7-6-10-4-2-3-5-11(10)13/h2-5,8-9,13H,6-7H2,1H3,(H,16,17,19). The molecule has 0 spiro atoms. The van der Waals surface area contributed by atoms with Crippen molar-refractivity contribution in [3.05, 3.63) is 47.9 Å². The molecule has 0 aliphatic heterocycles. The van der Waals surface area contributed by atoms with E-state index in [1.165, 1.54) is 11.1 Å². The van der Waals surface area contributed by atoms with Crippen LogP contribution in [0.5, 0.6) is 0 Å². The molecule has 5 heteroatoms. The smallest absolute Gasteiger partial charge is 0.163 e. The van der Waals surface area contributed by atoms with Crippen molar-refractivity contribution in [3.63, 3.8) is 0 Å². The molecule has 1 aliphatic rings. The highest BCUT2D eigenvalue weighted by Crippen LogP contribution is 2.34. The molecule has 5 nitrogen and oxygen atoms in total. The van der Waals surface area contributed by atoms with Crippen LogP contribution in [0.15, 0.2) is 36.8 Å². The number of aromatic nitrogens is 4. The molecule has 1 aliphatic carbocycles. The summed E-state index contributed by atoms with van der Waals surface area (Å²) < 4.78 is 1.77. The first-order valence-corrected chi connectivity index (χ1v) is 6.80. The normalized spacial score (nSPS) is 17.4. The molecule has 1 atom stereocenters. The molecule has 0 saturated heterocycles. The number of hydrogen-bond donors (Lipinski definition) is 1. The highest BCUT2D eigenvalue weighted by atomic mass is 15.3. The number of nitrogens with one attached hydrogen (secondary N) is 1. The van der Waals surface area contributed by atoms with Crippen LogP contribution in [0.2, 0.25) is 0 Å². The maximum absolute atomic E-state index is 4.38. The number of rotatable bonds is 2. The van der Waals surface area contributed by atoms with Crippen molar-refractivity contribution < 1.29 is 0 Å². The first kappa shape index (κ1) is 11.4. The van der Waals surface area contributed by atoms with Crippen molar-refractivity contribution in [1.82, 2.24) is 19.7 Å². The minimum atomic E-state index is 0.324. The van der Waals surface area contributed by atoms with E-state index in [1.54, 1.807) is 11.0 Å². The summed E-state index contributed by atoms with van der Waals surface area (Å²) in [6, 6.07) is 8.92. The van der Waals surface area contributed by atoms with Crippen LogP contribution >= 0.6 is 0 Å². The topological polar surface area (TPSA) is 55.6 Å². The molecule has 0 bridgehead atoms. The average Bonchev–Trinajstić information content (AvgIpc) is 3.05. The van der Waals surface area contributed by atoms with E-state index in [2.05, 4.69) is 44.6 Å². The summed E-state index contributed by atoms with van der Waals surface area (Å²) in [6.07, 6.45) is 5.63. The summed E-state index contributed by atoms with van der Waals surface area (Å²) in [5, 5.41) is 8.77. The van der Waals surface area contributed by atoms with Gasteiger partial charge in [-0.25, -0.2) is 9.97 Å². The molecule has 100 valence electrons. The first-order valence-electron chi connectivity index (χ1n) is 6.80. The van der Waals surface area contributed by atoms with Crippen LogP contribution in [-0.2, 0) is 13.5 Å². The number of hydrogen-bond acceptors (Lipinski definition) is 4. The third-order valence-electron chi connectivity index (χ3n) is 3.97. The van der Waals surface area contributed by atoms with Crippen LogP contribution in [0.25, 0.3) is 11.0 Å². The monoisotopic (exact) mass is 265 g/mol. The molecule has 0 radical (unpaired) electrons. The lowest BCUT2D eigenvalue weighted by molar-refractivity contribution is 0.757. The van der Waals surface area contributed by atoms with E-state index in [4.69, 9.17) is 0 Å². The second-order valence-electron chi connectivity index (χ2n) is 5.16. The van der Waals surface area contributed by atoms with Crippen molar-refractivity contribution in [1.29, 1.82) is 0 Å². The van der Waals surface area contributed by atoms with E-state index in [9.17, 15) is 0 Å². The van der Waals surface area contributed by atoms with Gasteiger partial charge in [-0.1, -0.05) is 24.3 Å². The van der Waals surface area contributed by atoms with E-state index >= 15 is 0 Å². The second kappa shape index (κ2) is 4.30. The van der Waals surface area contributed by atoms with E-state index in [-0.39, 0.29) is 0 Å². The molecular weight excluding hydrogens is 250 g/mol. The summed E-state index contributed by atoms with van der Waals surface area (Å²) in [5.74, 6) is 0.866. The van der Waals surface area contributed by atoms with Crippen LogP contribution in [0, 0.1) is 0 Å². The molecule has 0 amide bonds. The highest BCUT2D eigenvalue weighted by molar-refractivity contribution is 5.86. The third-order valence-corrected chi connectivity index (χ3v) is 3.97. The fourth-order valence-corrected chi connectivity index (χ4v) is 2.95. The zero-order valence-electron chi connectivity index (χ0n) is 11.2. The number of aryl methyl sites for hydroxylation is 2. The lowest BCUT2D eigenvalue weighted by Gasteiger charge is -2.15. The van der Waals surface area contributed by atoms with Crippen molar-refractivity contribution in [2.45, 2.75) is 18.9 Å². The van der Waals surface area contributed by atoms with Gasteiger partial charge in [0.1, 0.15) is 12.1 Å². The average molecular weight is 265 g/mol. The van der Waals surface area contributed by atoms with E-state index in [0.29, 0.717) is 6.04 Å². The number of nitrogens with zero attached hydrogens (tertiary/aromatic N) is 4. The third kappa shape index (κ3) is 1.66. The van der Waals surface area contributed by atoms with Crippen LogP contribution in [0.1, 0.15) is 23.6 Å². The molecule has 1 unspecified atom stereocenters. The minimum Gasteiger partial charge on any atom is -0.363 e. The molecule has 1 N–H and O–H groups in total. The van der Waals surface area contributed by atoms with Crippen molar-refractivity contribution in [3.8, 4) is 0 Å². The molecular formula is C15H15N5. The summed E-state index contributed by atoms with van der Waals surface area (Å²) in [6.45, 7) is 0. The van der Waals surface area contributed by atoms with Gasteiger partial charge in [0, 0.05) is 7.05 Å². The van der Waals surface area contributed by atoms with Crippen molar-refractivity contribution in [2.24, 2.45) is 7.05 Å².